The molecule has 0 saturated carbocycles. The van der Waals surface area contributed by atoms with Gasteiger partial charge in [-0.25, -0.2) is 0 Å². The predicted molar refractivity (Wildman–Crippen MR) is 124 cm³/mol. The molecule has 2 aliphatic heterocycles. The zero-order valence-electron chi connectivity index (χ0n) is 17.4. The first kappa shape index (κ1) is 21.2. The van der Waals surface area contributed by atoms with Gasteiger partial charge in [-0.2, -0.15) is 28.3 Å². The Hall–Kier alpha value is -3.66. The van der Waals surface area contributed by atoms with Crippen molar-refractivity contribution >= 4 is 50.6 Å². The van der Waals surface area contributed by atoms with Gasteiger partial charge in [-0.15, -0.1) is 0 Å². The number of thioether (sulfide) groups is 1. The molecule has 0 spiro atoms. The molecule has 0 bridgehead atoms. The minimum Gasteiger partial charge on any atom is -0.317 e. The number of halogens is 3. The average molecular weight is 467 g/mol. The van der Waals surface area contributed by atoms with Crippen molar-refractivity contribution in [3.63, 3.8) is 0 Å². The topological polar surface area (TPSA) is 73.8 Å². The van der Waals surface area contributed by atoms with Crippen LogP contribution in [0.25, 0.3) is 22.5 Å². The van der Waals surface area contributed by atoms with Gasteiger partial charge in [0.2, 0.25) is 10.2 Å². The van der Waals surface area contributed by atoms with Crippen LogP contribution in [0.15, 0.2) is 64.2 Å². The highest BCUT2D eigenvalue weighted by Gasteiger charge is 2.46. The highest BCUT2D eigenvalue weighted by Crippen LogP contribution is 2.36. The Morgan fingerprint density at radius 2 is 1.82 bits per heavy atom. The first-order chi connectivity index (χ1) is 15.6. The van der Waals surface area contributed by atoms with Crippen molar-refractivity contribution in [1.29, 1.82) is 5.41 Å². The zero-order chi connectivity index (χ0) is 23.5. The molecule has 0 aliphatic carbocycles. The van der Waals surface area contributed by atoms with E-state index in [-0.39, 0.29) is 22.5 Å². The summed E-state index contributed by atoms with van der Waals surface area (Å²) in [5.41, 5.74) is 3.24. The molecule has 0 unspecified atom stereocenters. The second-order valence-corrected chi connectivity index (χ2v) is 8.54. The molecule has 0 saturated heterocycles. The molecule has 0 radical (unpaired) electrons. The maximum atomic E-state index is 13.0. The first-order valence-corrected chi connectivity index (χ1v) is 10.7. The minimum absolute atomic E-state index is 0.121. The van der Waals surface area contributed by atoms with Crippen molar-refractivity contribution in [2.45, 2.75) is 20.0 Å². The molecule has 5 rings (SSSR count). The Balaban J connectivity index is 1.58. The van der Waals surface area contributed by atoms with E-state index in [9.17, 15) is 18.0 Å². The number of aryl methyl sites for hydroxylation is 1. The lowest BCUT2D eigenvalue weighted by Crippen LogP contribution is -2.35. The number of nitrogens with zero attached hydrogens (tertiary/aromatic N) is 4. The number of amides is 1. The van der Waals surface area contributed by atoms with E-state index in [0.717, 1.165) is 32.9 Å². The van der Waals surface area contributed by atoms with E-state index >= 15 is 0 Å². The van der Waals surface area contributed by atoms with Gasteiger partial charge in [-0.1, -0.05) is 36.4 Å². The van der Waals surface area contributed by atoms with Gasteiger partial charge in [0.25, 0.3) is 5.91 Å². The summed E-state index contributed by atoms with van der Waals surface area (Å²) in [7, 11) is 0. The molecule has 6 nitrogen and oxygen atoms in total. The number of benzene rings is 2. The molecule has 33 heavy (non-hydrogen) atoms. The van der Waals surface area contributed by atoms with Crippen LogP contribution in [-0.2, 0) is 4.79 Å². The minimum atomic E-state index is -4.68. The van der Waals surface area contributed by atoms with Gasteiger partial charge in [0, 0.05) is 16.8 Å². The van der Waals surface area contributed by atoms with Crippen molar-refractivity contribution in [2.75, 3.05) is 0 Å². The number of fused-ring (bicyclic) bond motifs is 2. The Morgan fingerprint density at radius 1 is 1.09 bits per heavy atom. The highest BCUT2D eigenvalue weighted by atomic mass is 32.2. The van der Waals surface area contributed by atoms with E-state index in [0.29, 0.717) is 5.56 Å². The molecule has 10 heteroatoms. The number of aliphatic imine (C=N–C) groups is 1. The van der Waals surface area contributed by atoms with E-state index in [1.54, 1.807) is 0 Å². The molecule has 1 amide bonds. The fourth-order valence-corrected chi connectivity index (χ4v) is 4.73. The fraction of sp³-hybridized carbons (Fsp3) is 0.130. The number of hydrogen-bond donors (Lipinski definition) is 1. The van der Waals surface area contributed by atoms with Crippen LogP contribution in [0.1, 0.15) is 17.0 Å². The predicted octanol–water partition coefficient (Wildman–Crippen LogP) is 5.43. The fourth-order valence-electron chi connectivity index (χ4n) is 3.97. The molecule has 2 aromatic carbocycles. The third-order valence-corrected chi connectivity index (χ3v) is 6.43. The van der Waals surface area contributed by atoms with Gasteiger partial charge in [-0.05, 0) is 54.8 Å². The molecule has 166 valence electrons. The standard InChI is InChI=1S/C23H16F3N5OS/c1-12-10-15(13(2)30(12)18-9-5-7-14-6-3-4-8-16(14)18)11-17-19(27)31-22(28-20(17)32)33-21(29-31)23(24,25)26/h3-11,27H,1-2H3/b17-11+,27-19?. The molecule has 1 aromatic heterocycles. The number of hydrazone groups is 1. The number of hydrogen-bond acceptors (Lipinski definition) is 4. The quantitative estimate of drug-likeness (QED) is 0.511. The van der Waals surface area contributed by atoms with Crippen LogP contribution >= 0.6 is 11.8 Å². The summed E-state index contributed by atoms with van der Waals surface area (Å²) in [6.45, 7) is 3.82. The van der Waals surface area contributed by atoms with Crippen molar-refractivity contribution in [3.8, 4) is 5.69 Å². The molecule has 2 aliphatic rings. The van der Waals surface area contributed by atoms with Crippen molar-refractivity contribution in [1.82, 2.24) is 9.58 Å². The summed E-state index contributed by atoms with van der Waals surface area (Å²) in [5.74, 6) is -1.21. The van der Waals surface area contributed by atoms with Gasteiger partial charge < -0.3 is 4.57 Å². The lowest BCUT2D eigenvalue weighted by atomic mass is 10.1. The van der Waals surface area contributed by atoms with Gasteiger partial charge in [0.05, 0.1) is 11.3 Å². The number of rotatable bonds is 2. The van der Waals surface area contributed by atoms with Gasteiger partial charge in [0.1, 0.15) is 0 Å². The van der Waals surface area contributed by atoms with Crippen LogP contribution in [0.5, 0.6) is 0 Å². The summed E-state index contributed by atoms with van der Waals surface area (Å²) in [4.78, 5) is 16.3. The van der Waals surface area contributed by atoms with Crippen LogP contribution in [-0.4, -0.2) is 37.7 Å². The maximum absolute atomic E-state index is 13.0. The number of carbonyl (C=O) groups excluding carboxylic acids is 1. The largest absolute Gasteiger partial charge is 0.441 e. The lowest BCUT2D eigenvalue weighted by Gasteiger charge is -2.20. The molecular weight excluding hydrogens is 451 g/mol. The molecule has 0 atom stereocenters. The van der Waals surface area contributed by atoms with Crippen LogP contribution in [0.3, 0.4) is 0 Å². The summed E-state index contributed by atoms with van der Waals surface area (Å²) >= 11 is 0.233. The van der Waals surface area contributed by atoms with E-state index in [2.05, 4.69) is 10.1 Å². The number of nitrogens with one attached hydrogen (secondary N) is 1. The summed E-state index contributed by atoms with van der Waals surface area (Å²) < 4.78 is 41.2. The zero-order valence-corrected chi connectivity index (χ0v) is 18.3. The first-order valence-electron chi connectivity index (χ1n) is 9.89. The molecule has 0 fully saturated rings. The normalized spacial score (nSPS) is 17.6. The third kappa shape index (κ3) is 3.46. The summed E-state index contributed by atoms with van der Waals surface area (Å²) in [6.07, 6.45) is -3.19. The van der Waals surface area contributed by atoms with E-state index in [1.807, 2.05) is 66.9 Å². The van der Waals surface area contributed by atoms with Gasteiger partial charge in [0.15, 0.2) is 5.84 Å². The number of alkyl halides is 3. The average Bonchev–Trinajstić information content (AvgIpc) is 3.32. The Labute approximate surface area is 190 Å². The lowest BCUT2D eigenvalue weighted by molar-refractivity contribution is -0.114. The Kier molecular flexibility index (Phi) is 4.78. The van der Waals surface area contributed by atoms with Crippen LogP contribution in [0, 0.1) is 19.3 Å². The van der Waals surface area contributed by atoms with Crippen LogP contribution in [0.4, 0.5) is 13.2 Å². The molecule has 3 aromatic rings. The van der Waals surface area contributed by atoms with Gasteiger partial charge >= 0.3 is 6.18 Å². The number of amidine groups is 2. The van der Waals surface area contributed by atoms with E-state index < -0.39 is 23.0 Å². The third-order valence-electron chi connectivity index (χ3n) is 5.47. The van der Waals surface area contributed by atoms with Crippen LogP contribution < -0.4 is 0 Å². The molecule has 1 N–H and O–H groups in total. The number of carbonyl (C=O) groups is 1. The monoisotopic (exact) mass is 467 g/mol. The van der Waals surface area contributed by atoms with Crippen molar-refractivity contribution in [3.05, 3.63) is 71.1 Å². The second-order valence-electron chi connectivity index (χ2n) is 7.58. The smallest absolute Gasteiger partial charge is 0.317 e. The Morgan fingerprint density at radius 3 is 2.58 bits per heavy atom. The van der Waals surface area contributed by atoms with E-state index in [4.69, 9.17) is 5.41 Å². The number of aromatic nitrogens is 1. The van der Waals surface area contributed by atoms with Gasteiger partial charge in [-0.3, -0.25) is 10.2 Å². The SMILES string of the molecule is Cc1cc(/C=C2\C(=N)N3N=C(C(F)(F)F)SC3=NC2=O)c(C)n1-c1cccc2ccccc12. The van der Waals surface area contributed by atoms with E-state index in [1.165, 1.54) is 6.08 Å². The van der Waals surface area contributed by atoms with Crippen molar-refractivity contribution < 1.29 is 18.0 Å². The highest BCUT2D eigenvalue weighted by molar-refractivity contribution is 8.27. The van der Waals surface area contributed by atoms with Crippen LogP contribution in [0.2, 0.25) is 0 Å². The van der Waals surface area contributed by atoms with Crippen molar-refractivity contribution in [2.24, 2.45) is 10.1 Å². The second kappa shape index (κ2) is 7.45. The summed E-state index contributed by atoms with van der Waals surface area (Å²) in [5, 5.41) is 13.2. The molecule has 3 heterocycles. The maximum Gasteiger partial charge on any atom is 0.441 e. The molecular formula is C23H16F3N5OS. The summed E-state index contributed by atoms with van der Waals surface area (Å²) in [6, 6.07) is 15.8. The Bertz CT molecular complexity index is 1440.